The van der Waals surface area contributed by atoms with E-state index in [1.54, 1.807) is 11.0 Å². The highest BCUT2D eigenvalue weighted by Gasteiger charge is 2.46. The van der Waals surface area contributed by atoms with Crippen LogP contribution in [0.2, 0.25) is 0 Å². The van der Waals surface area contributed by atoms with Crippen molar-refractivity contribution >= 4 is 17.4 Å². The van der Waals surface area contributed by atoms with Crippen LogP contribution < -0.4 is 9.47 Å². The molecule has 0 saturated carbocycles. The summed E-state index contributed by atoms with van der Waals surface area (Å²) in [6, 6.07) is 12.2. The molecule has 1 fully saturated rings. The van der Waals surface area contributed by atoms with E-state index in [1.165, 1.54) is 0 Å². The van der Waals surface area contributed by atoms with Crippen molar-refractivity contribution in [2.75, 3.05) is 33.8 Å². The Labute approximate surface area is 213 Å². The van der Waals surface area contributed by atoms with E-state index in [9.17, 15) is 14.7 Å². The Morgan fingerprint density at radius 3 is 2.72 bits per heavy atom. The number of likely N-dealkylation sites (tertiary alicyclic amines) is 1. The summed E-state index contributed by atoms with van der Waals surface area (Å²) in [6.45, 7) is 5.87. The lowest BCUT2D eigenvalue weighted by Gasteiger charge is -2.26. The van der Waals surface area contributed by atoms with Gasteiger partial charge in [-0.25, -0.2) is 0 Å². The standard InChI is InChI=1S/C29H36N2O5/c1-5-6-15-35-23-10-7-9-20(18-23)26-25(28(33)29(34)31(26)14-8-13-30(3)4)27(32)21-11-12-24-22(17-21)16-19(2)36-24/h7,9-12,17-19,26,32H,5-6,8,13-16H2,1-4H3/b27-25+/t19-,26+/m0/s1. The number of aliphatic hydroxyl groups is 1. The summed E-state index contributed by atoms with van der Waals surface area (Å²) >= 11 is 0. The average molecular weight is 493 g/mol. The van der Waals surface area contributed by atoms with Crippen LogP contribution in [-0.2, 0) is 16.0 Å². The molecule has 2 aromatic carbocycles. The van der Waals surface area contributed by atoms with Crippen molar-refractivity contribution in [1.29, 1.82) is 0 Å². The first-order chi connectivity index (χ1) is 17.3. The number of carbonyl (C=O) groups is 2. The third kappa shape index (κ3) is 5.41. The highest BCUT2D eigenvalue weighted by Crippen LogP contribution is 2.41. The number of benzene rings is 2. The first kappa shape index (κ1) is 25.8. The van der Waals surface area contributed by atoms with E-state index in [0.29, 0.717) is 30.9 Å². The molecular weight excluding hydrogens is 456 g/mol. The second kappa shape index (κ2) is 11.2. The minimum absolute atomic E-state index is 0.0649. The Kier molecular flexibility index (Phi) is 7.99. The van der Waals surface area contributed by atoms with Gasteiger partial charge in [-0.2, -0.15) is 0 Å². The number of ether oxygens (including phenoxy) is 2. The molecule has 2 aliphatic heterocycles. The normalized spacial score (nSPS) is 20.6. The van der Waals surface area contributed by atoms with Crippen molar-refractivity contribution in [3.63, 3.8) is 0 Å². The molecular formula is C29H36N2O5. The molecule has 2 aliphatic rings. The van der Waals surface area contributed by atoms with E-state index in [-0.39, 0.29) is 17.4 Å². The van der Waals surface area contributed by atoms with Gasteiger partial charge in [0.1, 0.15) is 23.4 Å². The quantitative estimate of drug-likeness (QED) is 0.227. The Balaban J connectivity index is 1.75. The molecule has 7 nitrogen and oxygen atoms in total. The Hall–Kier alpha value is -3.32. The number of ketones is 1. The third-order valence-electron chi connectivity index (χ3n) is 6.65. The first-order valence-corrected chi connectivity index (χ1v) is 12.8. The van der Waals surface area contributed by atoms with E-state index in [2.05, 4.69) is 6.92 Å². The van der Waals surface area contributed by atoms with Crippen LogP contribution in [0.3, 0.4) is 0 Å². The molecule has 0 aromatic heterocycles. The van der Waals surface area contributed by atoms with E-state index in [1.807, 2.05) is 62.3 Å². The molecule has 4 rings (SSSR count). The molecule has 192 valence electrons. The third-order valence-corrected chi connectivity index (χ3v) is 6.65. The Morgan fingerprint density at radius 2 is 1.97 bits per heavy atom. The maximum atomic E-state index is 13.3. The number of Topliss-reactive ketones (excluding diaryl/α,β-unsaturated/α-hetero) is 1. The maximum Gasteiger partial charge on any atom is 0.295 e. The summed E-state index contributed by atoms with van der Waals surface area (Å²) in [6.07, 6.45) is 3.47. The fourth-order valence-electron chi connectivity index (χ4n) is 4.85. The van der Waals surface area contributed by atoms with Crippen LogP contribution in [0.25, 0.3) is 5.76 Å². The minimum atomic E-state index is -0.690. The van der Waals surface area contributed by atoms with Crippen LogP contribution in [0.5, 0.6) is 11.5 Å². The van der Waals surface area contributed by atoms with Crippen molar-refractivity contribution in [2.24, 2.45) is 0 Å². The fraction of sp³-hybridized carbons (Fsp3) is 0.448. The maximum absolute atomic E-state index is 13.3. The van der Waals surface area contributed by atoms with Crippen LogP contribution >= 0.6 is 0 Å². The minimum Gasteiger partial charge on any atom is -0.507 e. The zero-order valence-corrected chi connectivity index (χ0v) is 21.6. The second-order valence-corrected chi connectivity index (χ2v) is 9.88. The van der Waals surface area contributed by atoms with Gasteiger partial charge in [0.25, 0.3) is 11.7 Å². The first-order valence-electron chi connectivity index (χ1n) is 12.8. The number of nitrogens with zero attached hydrogens (tertiary/aromatic N) is 2. The van der Waals surface area contributed by atoms with Gasteiger partial charge in [0, 0.05) is 18.5 Å². The molecule has 1 amide bonds. The predicted molar refractivity (Wildman–Crippen MR) is 139 cm³/mol. The molecule has 2 heterocycles. The number of unbranched alkanes of at least 4 members (excludes halogenated alkanes) is 1. The number of hydrogen-bond donors (Lipinski definition) is 1. The van der Waals surface area contributed by atoms with Crippen LogP contribution in [0.4, 0.5) is 0 Å². The van der Waals surface area contributed by atoms with Gasteiger partial charge < -0.3 is 24.4 Å². The van der Waals surface area contributed by atoms with Crippen LogP contribution in [0.1, 0.15) is 55.8 Å². The molecule has 0 aliphatic carbocycles. The smallest absolute Gasteiger partial charge is 0.295 e. The van der Waals surface area contributed by atoms with Crippen molar-refractivity contribution in [3.8, 4) is 11.5 Å². The zero-order valence-electron chi connectivity index (χ0n) is 21.6. The number of hydrogen-bond acceptors (Lipinski definition) is 6. The number of fused-ring (bicyclic) bond motifs is 1. The monoisotopic (exact) mass is 492 g/mol. The van der Waals surface area contributed by atoms with Gasteiger partial charge >= 0.3 is 0 Å². The molecule has 2 atom stereocenters. The van der Waals surface area contributed by atoms with Crippen molar-refractivity contribution in [1.82, 2.24) is 9.80 Å². The molecule has 1 saturated heterocycles. The molecule has 0 bridgehead atoms. The molecule has 7 heteroatoms. The summed E-state index contributed by atoms with van der Waals surface area (Å²) in [5.41, 5.74) is 2.35. The topological polar surface area (TPSA) is 79.3 Å². The largest absolute Gasteiger partial charge is 0.507 e. The molecule has 0 radical (unpaired) electrons. The molecule has 36 heavy (non-hydrogen) atoms. The highest BCUT2D eigenvalue weighted by molar-refractivity contribution is 6.46. The van der Waals surface area contributed by atoms with Gasteiger partial charge in [0.2, 0.25) is 0 Å². The van der Waals surface area contributed by atoms with Crippen LogP contribution in [0.15, 0.2) is 48.0 Å². The van der Waals surface area contributed by atoms with E-state index in [4.69, 9.17) is 9.47 Å². The Bertz CT molecular complexity index is 1160. The Morgan fingerprint density at radius 1 is 1.17 bits per heavy atom. The van der Waals surface area contributed by atoms with Gasteiger partial charge in [0.05, 0.1) is 18.2 Å². The van der Waals surface area contributed by atoms with E-state index >= 15 is 0 Å². The molecule has 1 N–H and O–H groups in total. The number of amides is 1. The van der Waals surface area contributed by atoms with Gasteiger partial charge in [0.15, 0.2) is 0 Å². The fourth-order valence-corrected chi connectivity index (χ4v) is 4.85. The summed E-state index contributed by atoms with van der Waals surface area (Å²) in [5.74, 6) is 0.0637. The van der Waals surface area contributed by atoms with Crippen molar-refractivity contribution < 1.29 is 24.2 Å². The molecule has 2 aromatic rings. The number of carbonyl (C=O) groups excluding carboxylic acids is 2. The summed E-state index contributed by atoms with van der Waals surface area (Å²) in [7, 11) is 3.95. The summed E-state index contributed by atoms with van der Waals surface area (Å²) < 4.78 is 11.7. The van der Waals surface area contributed by atoms with Gasteiger partial charge in [-0.1, -0.05) is 25.5 Å². The van der Waals surface area contributed by atoms with Crippen molar-refractivity contribution in [3.05, 3.63) is 64.7 Å². The number of rotatable bonds is 10. The second-order valence-electron chi connectivity index (χ2n) is 9.88. The summed E-state index contributed by atoms with van der Waals surface area (Å²) in [4.78, 5) is 30.1. The SMILES string of the molecule is CCCCOc1cccc([C@@H]2/C(=C(\O)c3ccc4c(c3)C[C@H](C)O4)C(=O)C(=O)N2CCCN(C)C)c1. The van der Waals surface area contributed by atoms with E-state index < -0.39 is 17.7 Å². The van der Waals surface area contributed by atoms with E-state index in [0.717, 1.165) is 42.7 Å². The van der Waals surface area contributed by atoms with Crippen LogP contribution in [-0.4, -0.2) is 66.5 Å². The van der Waals surface area contributed by atoms with Gasteiger partial charge in [-0.3, -0.25) is 9.59 Å². The molecule has 0 spiro atoms. The lowest BCUT2D eigenvalue weighted by molar-refractivity contribution is -0.139. The lowest BCUT2D eigenvalue weighted by Crippen LogP contribution is -2.32. The lowest BCUT2D eigenvalue weighted by atomic mass is 9.94. The number of aliphatic hydroxyl groups excluding tert-OH is 1. The van der Waals surface area contributed by atoms with Gasteiger partial charge in [-0.05, 0) is 81.9 Å². The van der Waals surface area contributed by atoms with Crippen molar-refractivity contribution in [2.45, 2.75) is 51.7 Å². The van der Waals surface area contributed by atoms with Crippen LogP contribution in [0, 0.1) is 0 Å². The highest BCUT2D eigenvalue weighted by atomic mass is 16.5. The predicted octanol–water partition coefficient (Wildman–Crippen LogP) is 4.56. The zero-order chi connectivity index (χ0) is 25.8. The van der Waals surface area contributed by atoms with Gasteiger partial charge in [-0.15, -0.1) is 0 Å². The average Bonchev–Trinajstić information content (AvgIpc) is 3.34. The molecule has 0 unspecified atom stereocenters. The summed E-state index contributed by atoms with van der Waals surface area (Å²) in [5, 5.41) is 11.4.